The van der Waals surface area contributed by atoms with E-state index in [2.05, 4.69) is 122 Å². The Morgan fingerprint density at radius 2 is 0.700 bits per heavy atom. The van der Waals surface area contributed by atoms with E-state index in [9.17, 15) is 61.0 Å². The monoisotopic (exact) mass is 1410 g/mol. The number of nitrogens with one attached hydrogen (secondary N) is 1. The summed E-state index contributed by atoms with van der Waals surface area (Å²) in [6, 6.07) is -1.04. The minimum atomic E-state index is -2.00. The molecule has 0 aromatic carbocycles. The van der Waals surface area contributed by atoms with Crippen LogP contribution < -0.4 is 5.32 Å². The molecule has 574 valence electrons. The van der Waals surface area contributed by atoms with E-state index < -0.39 is 131 Å². The topological polar surface area (TPSA) is 307 Å². The van der Waals surface area contributed by atoms with E-state index in [-0.39, 0.29) is 12.3 Å². The van der Waals surface area contributed by atoms with Crippen LogP contribution in [0.5, 0.6) is 0 Å². The lowest BCUT2D eigenvalue weighted by molar-refractivity contribution is -0.379. The van der Waals surface area contributed by atoms with Gasteiger partial charge in [0.1, 0.15) is 73.2 Å². The lowest BCUT2D eigenvalue weighted by Crippen LogP contribution is -2.66. The maximum Gasteiger partial charge on any atom is 0.220 e. The van der Waals surface area contributed by atoms with Gasteiger partial charge in [0.25, 0.3) is 0 Å². The van der Waals surface area contributed by atoms with E-state index in [1.165, 1.54) is 141 Å². The maximum absolute atomic E-state index is 13.4. The largest absolute Gasteiger partial charge is 0.394 e. The van der Waals surface area contributed by atoms with Crippen LogP contribution in [0.3, 0.4) is 0 Å². The van der Waals surface area contributed by atoms with Gasteiger partial charge in [0.05, 0.1) is 38.6 Å². The zero-order valence-corrected chi connectivity index (χ0v) is 61.1. The fraction of sp³-hybridized carbons (Fsp3) is 0.741. The molecule has 0 aliphatic carbocycles. The van der Waals surface area contributed by atoms with Crippen molar-refractivity contribution in [1.82, 2.24) is 5.32 Å². The van der Waals surface area contributed by atoms with E-state index >= 15 is 0 Å². The fourth-order valence-electron chi connectivity index (χ4n) is 12.3. The molecule has 1 amide bonds. The van der Waals surface area contributed by atoms with Crippen molar-refractivity contribution in [1.29, 1.82) is 0 Å². The van der Waals surface area contributed by atoms with Gasteiger partial charge >= 0.3 is 0 Å². The van der Waals surface area contributed by atoms with Crippen LogP contribution in [0, 0.1) is 0 Å². The van der Waals surface area contributed by atoms with Crippen molar-refractivity contribution < 1.29 is 89.4 Å². The van der Waals surface area contributed by atoms with Crippen molar-refractivity contribution in [2.24, 2.45) is 0 Å². The number of rotatable bonds is 59. The van der Waals surface area contributed by atoms with Crippen molar-refractivity contribution in [3.8, 4) is 0 Å². The number of ether oxygens (including phenoxy) is 6. The summed E-state index contributed by atoms with van der Waals surface area (Å²) in [6.07, 6.45) is 57.7. The molecule has 17 atom stereocenters. The first-order valence-electron chi connectivity index (χ1n) is 38.8. The van der Waals surface area contributed by atoms with Crippen LogP contribution in [0.4, 0.5) is 0 Å². The van der Waals surface area contributed by atoms with Gasteiger partial charge in [-0.15, -0.1) is 0 Å². The summed E-state index contributed by atoms with van der Waals surface area (Å²) in [6.45, 7) is 1.56. The van der Waals surface area contributed by atoms with Crippen LogP contribution in [0.15, 0.2) is 122 Å². The third kappa shape index (κ3) is 40.5. The van der Waals surface area contributed by atoms with Crippen molar-refractivity contribution in [2.75, 3.05) is 26.4 Å². The van der Waals surface area contributed by atoms with E-state index in [1.807, 2.05) is 12.2 Å². The van der Waals surface area contributed by atoms with Gasteiger partial charge in [0, 0.05) is 6.42 Å². The van der Waals surface area contributed by atoms with Crippen LogP contribution in [0.1, 0.15) is 251 Å². The van der Waals surface area contributed by atoms with Gasteiger partial charge < -0.3 is 89.9 Å². The molecular formula is C81H137NO18. The number of carbonyl (C=O) groups excluding carboxylic acids is 1. The summed E-state index contributed by atoms with van der Waals surface area (Å²) >= 11 is 0. The Bertz CT molecular complexity index is 2280. The number of aliphatic hydroxyl groups excluding tert-OH is 11. The fourth-order valence-corrected chi connectivity index (χ4v) is 12.3. The second kappa shape index (κ2) is 60.5. The molecule has 12 N–H and O–H groups in total. The third-order valence-electron chi connectivity index (χ3n) is 18.5. The molecule has 0 radical (unpaired) electrons. The summed E-state index contributed by atoms with van der Waals surface area (Å²) in [4.78, 5) is 13.4. The Morgan fingerprint density at radius 1 is 0.370 bits per heavy atom. The van der Waals surface area contributed by atoms with Gasteiger partial charge in [-0.3, -0.25) is 4.79 Å². The molecule has 100 heavy (non-hydrogen) atoms. The van der Waals surface area contributed by atoms with Gasteiger partial charge in [-0.1, -0.05) is 270 Å². The quantitative estimate of drug-likeness (QED) is 0.0199. The Labute approximate surface area is 601 Å². The minimum absolute atomic E-state index is 0.144. The van der Waals surface area contributed by atoms with Crippen molar-refractivity contribution in [3.63, 3.8) is 0 Å². The lowest BCUT2D eigenvalue weighted by atomic mass is 9.96. The molecule has 3 saturated heterocycles. The average Bonchev–Trinajstić information content (AvgIpc) is 0.783. The van der Waals surface area contributed by atoms with Gasteiger partial charge in [-0.25, -0.2) is 0 Å². The molecule has 0 aromatic rings. The number of hydrogen-bond donors (Lipinski definition) is 12. The van der Waals surface area contributed by atoms with E-state index in [0.717, 1.165) is 70.6 Å². The van der Waals surface area contributed by atoms with Crippen LogP contribution in [0.25, 0.3) is 0 Å². The molecule has 3 heterocycles. The summed E-state index contributed by atoms with van der Waals surface area (Å²) in [7, 11) is 0. The van der Waals surface area contributed by atoms with E-state index in [1.54, 1.807) is 6.08 Å². The van der Waals surface area contributed by atoms with E-state index in [0.29, 0.717) is 19.3 Å². The van der Waals surface area contributed by atoms with Gasteiger partial charge in [0.15, 0.2) is 18.9 Å². The highest BCUT2D eigenvalue weighted by Crippen LogP contribution is 2.33. The summed E-state index contributed by atoms with van der Waals surface area (Å²) in [5, 5.41) is 121. The molecular weight excluding hydrogens is 1270 g/mol. The highest BCUT2D eigenvalue weighted by Gasteiger charge is 2.53. The first-order valence-corrected chi connectivity index (χ1v) is 38.8. The molecule has 3 aliphatic heterocycles. The predicted octanol–water partition coefficient (Wildman–Crippen LogP) is 12.3. The van der Waals surface area contributed by atoms with E-state index in [4.69, 9.17) is 28.4 Å². The van der Waals surface area contributed by atoms with Crippen LogP contribution >= 0.6 is 0 Å². The zero-order chi connectivity index (χ0) is 72.5. The molecule has 17 unspecified atom stereocenters. The molecule has 3 rings (SSSR count). The van der Waals surface area contributed by atoms with Gasteiger partial charge in [-0.05, 0) is 96.3 Å². The average molecular weight is 1410 g/mol. The SMILES string of the molecule is CC/C=C\C/C=C\C/C=C\C/C=C\C/C=C\C/C=C\C/C=C\CCCC(=O)NC(COC1OC(CO)C(OC2OC(CO)C(OC3OC(CO)C(O)C(O)C3O)C(O)C2O)C(O)C1O)C(O)/C=C/CC/C=C/CC/C=C/CCCCCCCCCCCCCCCCCCCCCCCC. The minimum Gasteiger partial charge on any atom is -0.394 e. The Kier molecular flexibility index (Phi) is 54.7. The molecule has 0 spiro atoms. The zero-order valence-electron chi connectivity index (χ0n) is 61.1. The predicted molar refractivity (Wildman–Crippen MR) is 397 cm³/mol. The number of carbonyl (C=O) groups is 1. The number of hydrogen-bond acceptors (Lipinski definition) is 18. The van der Waals surface area contributed by atoms with Crippen LogP contribution in [-0.4, -0.2) is 193 Å². The number of aliphatic hydroxyl groups is 11. The molecule has 19 nitrogen and oxygen atoms in total. The molecule has 19 heteroatoms. The Balaban J connectivity index is 1.43. The van der Waals surface area contributed by atoms with Crippen LogP contribution in [-0.2, 0) is 33.2 Å². The first-order chi connectivity index (χ1) is 48.8. The molecule has 3 aliphatic rings. The number of unbranched alkanes of at least 4 members (excludes halogenated alkanes) is 25. The first kappa shape index (κ1) is 90.4. The van der Waals surface area contributed by atoms with Crippen molar-refractivity contribution in [3.05, 3.63) is 122 Å². The van der Waals surface area contributed by atoms with Gasteiger partial charge in [-0.2, -0.15) is 0 Å². The van der Waals surface area contributed by atoms with Crippen LogP contribution in [0.2, 0.25) is 0 Å². The lowest BCUT2D eigenvalue weighted by Gasteiger charge is -2.48. The smallest absolute Gasteiger partial charge is 0.220 e. The normalized spacial score (nSPS) is 27.1. The molecule has 0 aromatic heterocycles. The standard InChI is InChI=1S/C81H137NO18/c1-3-5-7-9-11-13-15-17-19-21-23-25-27-28-29-30-31-32-33-34-35-37-38-40-42-44-46-48-50-52-54-56-58-65(86)64(82-69(87)59-57-55-53-51-49-47-45-43-41-39-36-26-24-22-20-18-16-14-12-10-8-6-4-2)63-95-79-75(93)72(90)77(67(61-84)97-79)100-81-76(94)73(91)78(68(62-85)98-81)99-80-74(92)71(89)70(88)66(60-83)96-80/h6,8,12,14,18,20,24,26,39-42,45,47-48,50-51,53,56,58,64-68,70-81,83-86,88-94H,3-5,7,9-11,13,15-17,19,21-23,25,27-38,43-44,46,49,52,54-55,57,59-63H2,1-2H3,(H,82,87)/b8-6-,14-12-,20-18-,26-24-,41-39-,42-40+,47-45-,50-48+,53-51-,58-56+. The maximum atomic E-state index is 13.4. The van der Waals surface area contributed by atoms with Crippen molar-refractivity contribution in [2.45, 2.75) is 356 Å². The summed E-state index contributed by atoms with van der Waals surface area (Å²) in [5.74, 6) is -0.350. The second-order valence-corrected chi connectivity index (χ2v) is 27.1. The molecule has 3 fully saturated rings. The number of allylic oxidation sites excluding steroid dienone is 19. The summed E-state index contributed by atoms with van der Waals surface area (Å²) in [5.41, 5.74) is 0. The van der Waals surface area contributed by atoms with Gasteiger partial charge in [0.2, 0.25) is 5.91 Å². The third-order valence-corrected chi connectivity index (χ3v) is 18.5. The Morgan fingerprint density at radius 3 is 1.12 bits per heavy atom. The Hall–Kier alpha value is -3.81. The number of amides is 1. The second-order valence-electron chi connectivity index (χ2n) is 27.1. The molecule has 0 bridgehead atoms. The summed E-state index contributed by atoms with van der Waals surface area (Å²) < 4.78 is 34.3. The highest BCUT2D eigenvalue weighted by molar-refractivity contribution is 5.76. The van der Waals surface area contributed by atoms with Crippen molar-refractivity contribution >= 4 is 5.91 Å². The highest BCUT2D eigenvalue weighted by atomic mass is 16.8. The molecule has 0 saturated carbocycles.